The number of nitrogens with one attached hydrogen (secondary N) is 1. The van der Waals surface area contributed by atoms with E-state index < -0.39 is 10.0 Å². The highest BCUT2D eigenvalue weighted by atomic mass is 79.9. The molecule has 0 aliphatic heterocycles. The number of alkyl halides is 1. The van der Waals surface area contributed by atoms with E-state index in [4.69, 9.17) is 16.3 Å². The molecule has 1 unspecified atom stereocenters. The van der Waals surface area contributed by atoms with Crippen molar-refractivity contribution in [1.82, 2.24) is 4.72 Å². The Morgan fingerprint density at radius 1 is 1.41 bits per heavy atom. The van der Waals surface area contributed by atoms with E-state index in [1.54, 1.807) is 0 Å². The molecule has 0 aromatic heterocycles. The predicted molar refractivity (Wildman–Crippen MR) is 71.2 cm³/mol. The largest absolute Gasteiger partial charge is 0.383 e. The average Bonchev–Trinajstić information content (AvgIpc) is 2.28. The van der Waals surface area contributed by atoms with Crippen LogP contribution in [-0.2, 0) is 14.8 Å². The second-order valence-corrected chi connectivity index (χ2v) is 6.18. The number of halogens is 2. The molecule has 1 aromatic rings. The number of rotatable bonds is 6. The number of hydrogen-bond donors (Lipinski definition) is 1. The van der Waals surface area contributed by atoms with Gasteiger partial charge in [-0.1, -0.05) is 27.5 Å². The highest BCUT2D eigenvalue weighted by Gasteiger charge is 2.19. The Hall–Kier alpha value is -0.140. The SMILES string of the molecule is COCC(CBr)NS(=O)(=O)c1ccc(Cl)cc1. The first-order valence-corrected chi connectivity index (χ1v) is 7.80. The molecule has 0 saturated carbocycles. The van der Waals surface area contributed by atoms with Crippen LogP contribution >= 0.6 is 27.5 Å². The second kappa shape index (κ2) is 6.70. The van der Waals surface area contributed by atoms with Crippen molar-refractivity contribution in [2.24, 2.45) is 0 Å². The molecule has 0 saturated heterocycles. The third-order valence-electron chi connectivity index (χ3n) is 2.00. The van der Waals surface area contributed by atoms with E-state index in [2.05, 4.69) is 20.7 Å². The van der Waals surface area contributed by atoms with E-state index in [1.165, 1.54) is 31.4 Å². The lowest BCUT2D eigenvalue weighted by atomic mass is 10.4. The molecule has 96 valence electrons. The van der Waals surface area contributed by atoms with E-state index >= 15 is 0 Å². The molecule has 0 radical (unpaired) electrons. The quantitative estimate of drug-likeness (QED) is 0.805. The smallest absolute Gasteiger partial charge is 0.240 e. The van der Waals surface area contributed by atoms with Crippen molar-refractivity contribution in [1.29, 1.82) is 0 Å². The summed E-state index contributed by atoms with van der Waals surface area (Å²) in [6.07, 6.45) is 0. The van der Waals surface area contributed by atoms with E-state index in [0.717, 1.165) is 0 Å². The van der Waals surface area contributed by atoms with Gasteiger partial charge in [-0.05, 0) is 24.3 Å². The highest BCUT2D eigenvalue weighted by molar-refractivity contribution is 9.09. The van der Waals surface area contributed by atoms with E-state index in [1.807, 2.05) is 0 Å². The van der Waals surface area contributed by atoms with Crippen molar-refractivity contribution in [3.63, 3.8) is 0 Å². The van der Waals surface area contributed by atoms with Crippen LogP contribution in [0.4, 0.5) is 0 Å². The molecule has 1 N–H and O–H groups in total. The van der Waals surface area contributed by atoms with Gasteiger partial charge in [0, 0.05) is 17.5 Å². The van der Waals surface area contributed by atoms with Crippen LogP contribution in [0, 0.1) is 0 Å². The molecule has 1 aromatic carbocycles. The van der Waals surface area contributed by atoms with Gasteiger partial charge in [0.2, 0.25) is 10.0 Å². The van der Waals surface area contributed by atoms with Gasteiger partial charge in [0.05, 0.1) is 17.5 Å². The lowest BCUT2D eigenvalue weighted by Crippen LogP contribution is -2.39. The molecule has 4 nitrogen and oxygen atoms in total. The summed E-state index contributed by atoms with van der Waals surface area (Å²) in [5.41, 5.74) is 0. The third-order valence-corrected chi connectivity index (χ3v) is 4.57. The number of sulfonamides is 1. The summed E-state index contributed by atoms with van der Waals surface area (Å²) in [6, 6.07) is 5.69. The van der Waals surface area contributed by atoms with Crippen LogP contribution in [0.25, 0.3) is 0 Å². The van der Waals surface area contributed by atoms with Crippen LogP contribution in [0.2, 0.25) is 5.02 Å². The topological polar surface area (TPSA) is 55.4 Å². The van der Waals surface area contributed by atoms with Gasteiger partial charge >= 0.3 is 0 Å². The predicted octanol–water partition coefficient (Wildman–Crippen LogP) is 2.03. The van der Waals surface area contributed by atoms with Crippen molar-refractivity contribution >= 4 is 37.6 Å². The third kappa shape index (κ3) is 4.56. The highest BCUT2D eigenvalue weighted by Crippen LogP contribution is 2.14. The van der Waals surface area contributed by atoms with Gasteiger partial charge in [-0.25, -0.2) is 13.1 Å². The van der Waals surface area contributed by atoms with Gasteiger partial charge in [0.1, 0.15) is 0 Å². The standard InChI is InChI=1S/C10H13BrClNO3S/c1-16-7-9(6-11)13-17(14,15)10-4-2-8(12)3-5-10/h2-5,9,13H,6-7H2,1H3. The molecule has 0 amide bonds. The molecule has 0 heterocycles. The lowest BCUT2D eigenvalue weighted by Gasteiger charge is -2.15. The fourth-order valence-corrected chi connectivity index (χ4v) is 3.12. The summed E-state index contributed by atoms with van der Waals surface area (Å²) < 4.78 is 31.4. The number of benzene rings is 1. The maximum absolute atomic E-state index is 12.0. The average molecular weight is 343 g/mol. The first-order chi connectivity index (χ1) is 7.99. The molecular weight excluding hydrogens is 330 g/mol. The van der Waals surface area contributed by atoms with E-state index in [9.17, 15) is 8.42 Å². The van der Waals surface area contributed by atoms with Crippen molar-refractivity contribution in [3.05, 3.63) is 29.3 Å². The molecular formula is C10H13BrClNO3S. The summed E-state index contributed by atoms with van der Waals surface area (Å²) in [7, 11) is -2.01. The summed E-state index contributed by atoms with van der Waals surface area (Å²) in [5, 5.41) is 0.978. The van der Waals surface area contributed by atoms with Crippen LogP contribution in [0.5, 0.6) is 0 Å². The first-order valence-electron chi connectivity index (χ1n) is 4.82. The van der Waals surface area contributed by atoms with Crippen molar-refractivity contribution in [2.45, 2.75) is 10.9 Å². The van der Waals surface area contributed by atoms with Gasteiger partial charge in [-0.3, -0.25) is 0 Å². The van der Waals surface area contributed by atoms with Gasteiger partial charge in [-0.15, -0.1) is 0 Å². The van der Waals surface area contributed by atoms with Gasteiger partial charge < -0.3 is 4.74 Å². The summed E-state index contributed by atoms with van der Waals surface area (Å²) >= 11 is 8.93. The Bertz CT molecular complexity index is 449. The minimum absolute atomic E-state index is 0.184. The van der Waals surface area contributed by atoms with Gasteiger partial charge in [0.15, 0.2) is 0 Å². The van der Waals surface area contributed by atoms with Crippen LogP contribution in [0.1, 0.15) is 0 Å². The Morgan fingerprint density at radius 2 is 2.00 bits per heavy atom. The molecule has 0 aliphatic rings. The molecule has 0 aliphatic carbocycles. The summed E-state index contributed by atoms with van der Waals surface area (Å²) in [6.45, 7) is 0.304. The van der Waals surface area contributed by atoms with Gasteiger partial charge in [0.25, 0.3) is 0 Å². The molecule has 0 bridgehead atoms. The molecule has 7 heteroatoms. The maximum atomic E-state index is 12.0. The number of ether oxygens (including phenoxy) is 1. The first kappa shape index (κ1) is 14.9. The van der Waals surface area contributed by atoms with Crippen molar-refractivity contribution in [3.8, 4) is 0 Å². The number of methoxy groups -OCH3 is 1. The molecule has 0 fully saturated rings. The van der Waals surface area contributed by atoms with Gasteiger partial charge in [-0.2, -0.15) is 0 Å². The molecule has 0 spiro atoms. The minimum Gasteiger partial charge on any atom is -0.383 e. The monoisotopic (exact) mass is 341 g/mol. The molecule has 17 heavy (non-hydrogen) atoms. The zero-order valence-corrected chi connectivity index (χ0v) is 12.3. The Balaban J connectivity index is 2.84. The minimum atomic E-state index is -3.53. The Kier molecular flexibility index (Phi) is 5.88. The summed E-state index contributed by atoms with van der Waals surface area (Å²) in [5.74, 6) is 0. The second-order valence-electron chi connectivity index (χ2n) is 3.38. The maximum Gasteiger partial charge on any atom is 0.240 e. The van der Waals surface area contributed by atoms with Crippen LogP contribution < -0.4 is 4.72 Å². The summed E-state index contributed by atoms with van der Waals surface area (Å²) in [4.78, 5) is 0.184. The van der Waals surface area contributed by atoms with Crippen LogP contribution in [-0.4, -0.2) is 33.5 Å². The normalized spacial score (nSPS) is 13.6. The molecule has 1 rings (SSSR count). The zero-order valence-electron chi connectivity index (χ0n) is 9.19. The van der Waals surface area contributed by atoms with Crippen molar-refractivity contribution < 1.29 is 13.2 Å². The van der Waals surface area contributed by atoms with Crippen LogP contribution in [0.3, 0.4) is 0 Å². The fraction of sp³-hybridized carbons (Fsp3) is 0.400. The molecule has 1 atom stereocenters. The van der Waals surface area contributed by atoms with E-state index in [0.29, 0.717) is 17.0 Å². The zero-order chi connectivity index (χ0) is 12.9. The number of hydrogen-bond acceptors (Lipinski definition) is 3. The Morgan fingerprint density at radius 3 is 2.47 bits per heavy atom. The Labute approximate surface area is 114 Å². The van der Waals surface area contributed by atoms with E-state index in [-0.39, 0.29) is 10.9 Å². The van der Waals surface area contributed by atoms with Crippen molar-refractivity contribution in [2.75, 3.05) is 19.0 Å². The fourth-order valence-electron chi connectivity index (χ4n) is 1.21. The van der Waals surface area contributed by atoms with Crippen LogP contribution in [0.15, 0.2) is 29.2 Å². The lowest BCUT2D eigenvalue weighted by molar-refractivity contribution is 0.182.